The van der Waals surface area contributed by atoms with Gasteiger partial charge in [-0.15, -0.1) is 28.3 Å². The quantitative estimate of drug-likeness (QED) is 0.874. The SMILES string of the molecule is Br.Cc1ccc(-c2nc3c(s2)CNCC3)cc1. The second-order valence-electron chi connectivity index (χ2n) is 4.18. The van der Waals surface area contributed by atoms with Gasteiger partial charge in [0.15, 0.2) is 0 Å². The first-order valence-corrected chi connectivity index (χ1v) is 6.41. The molecule has 2 nitrogen and oxygen atoms in total. The highest BCUT2D eigenvalue weighted by molar-refractivity contribution is 8.93. The molecule has 90 valence electrons. The number of aryl methyl sites for hydroxylation is 1. The highest BCUT2D eigenvalue weighted by atomic mass is 79.9. The van der Waals surface area contributed by atoms with Crippen LogP contribution in [0.25, 0.3) is 10.6 Å². The van der Waals surface area contributed by atoms with E-state index in [0.29, 0.717) is 0 Å². The minimum atomic E-state index is 0. The summed E-state index contributed by atoms with van der Waals surface area (Å²) in [4.78, 5) is 6.13. The van der Waals surface area contributed by atoms with Gasteiger partial charge in [0.05, 0.1) is 5.69 Å². The first kappa shape index (κ1) is 12.7. The maximum atomic E-state index is 4.73. The molecule has 2 heterocycles. The van der Waals surface area contributed by atoms with Crippen LogP contribution in [-0.2, 0) is 13.0 Å². The molecular formula is C13H15BrN2S. The molecule has 0 radical (unpaired) electrons. The van der Waals surface area contributed by atoms with E-state index in [1.807, 2.05) is 11.3 Å². The highest BCUT2D eigenvalue weighted by Gasteiger charge is 2.15. The molecule has 0 saturated heterocycles. The van der Waals surface area contributed by atoms with Crippen LogP contribution in [0.1, 0.15) is 16.1 Å². The fourth-order valence-corrected chi connectivity index (χ4v) is 3.03. The number of rotatable bonds is 1. The Hall–Kier alpha value is -0.710. The summed E-state index contributed by atoms with van der Waals surface area (Å²) >= 11 is 1.82. The number of hydrogen-bond donors (Lipinski definition) is 1. The third-order valence-corrected chi connectivity index (χ3v) is 4.05. The summed E-state index contributed by atoms with van der Waals surface area (Å²) in [5, 5.41) is 4.55. The Bertz CT molecular complexity index is 481. The van der Waals surface area contributed by atoms with Crippen LogP contribution < -0.4 is 5.32 Å². The van der Waals surface area contributed by atoms with E-state index in [0.717, 1.165) is 24.5 Å². The second kappa shape index (κ2) is 5.29. The smallest absolute Gasteiger partial charge is 0.123 e. The number of fused-ring (bicyclic) bond motifs is 1. The minimum Gasteiger partial charge on any atom is -0.311 e. The van der Waals surface area contributed by atoms with Crippen LogP contribution in [0.4, 0.5) is 0 Å². The molecule has 1 aliphatic rings. The summed E-state index contributed by atoms with van der Waals surface area (Å²) in [6.45, 7) is 4.16. The molecule has 4 heteroatoms. The van der Waals surface area contributed by atoms with Crippen LogP contribution in [0.5, 0.6) is 0 Å². The van der Waals surface area contributed by atoms with Crippen molar-refractivity contribution < 1.29 is 0 Å². The molecule has 0 saturated carbocycles. The zero-order valence-corrected chi connectivity index (χ0v) is 12.2. The van der Waals surface area contributed by atoms with Crippen molar-refractivity contribution in [1.82, 2.24) is 10.3 Å². The van der Waals surface area contributed by atoms with Crippen LogP contribution in [0.15, 0.2) is 24.3 Å². The maximum Gasteiger partial charge on any atom is 0.123 e. The van der Waals surface area contributed by atoms with Crippen molar-refractivity contribution in [1.29, 1.82) is 0 Å². The zero-order valence-electron chi connectivity index (χ0n) is 9.69. The Morgan fingerprint density at radius 1 is 1.24 bits per heavy atom. The van der Waals surface area contributed by atoms with E-state index in [1.165, 1.54) is 21.7 Å². The summed E-state index contributed by atoms with van der Waals surface area (Å²) in [6, 6.07) is 8.61. The Labute approximate surface area is 116 Å². The van der Waals surface area contributed by atoms with Gasteiger partial charge in [-0.05, 0) is 6.92 Å². The van der Waals surface area contributed by atoms with Crippen LogP contribution >= 0.6 is 28.3 Å². The Kier molecular flexibility index (Phi) is 3.97. The fourth-order valence-electron chi connectivity index (χ4n) is 1.95. The molecule has 0 amide bonds. The molecule has 1 N–H and O–H groups in total. The van der Waals surface area contributed by atoms with Gasteiger partial charge in [-0.2, -0.15) is 0 Å². The molecule has 0 fully saturated rings. The molecular weight excluding hydrogens is 296 g/mol. The highest BCUT2D eigenvalue weighted by Crippen LogP contribution is 2.29. The maximum absolute atomic E-state index is 4.73. The summed E-state index contributed by atoms with van der Waals surface area (Å²) < 4.78 is 0. The van der Waals surface area contributed by atoms with E-state index < -0.39 is 0 Å². The Morgan fingerprint density at radius 2 is 2.00 bits per heavy atom. The van der Waals surface area contributed by atoms with Crippen LogP contribution in [0, 0.1) is 6.92 Å². The lowest BCUT2D eigenvalue weighted by molar-refractivity contribution is 0.644. The number of benzene rings is 1. The normalized spacial score (nSPS) is 13.9. The number of halogens is 1. The lowest BCUT2D eigenvalue weighted by Gasteiger charge is -2.09. The Balaban J connectivity index is 0.00000108. The molecule has 0 atom stereocenters. The number of thiazole rings is 1. The summed E-state index contributed by atoms with van der Waals surface area (Å²) in [5.41, 5.74) is 3.83. The van der Waals surface area contributed by atoms with Crippen molar-refractivity contribution in [3.05, 3.63) is 40.4 Å². The van der Waals surface area contributed by atoms with Gasteiger partial charge >= 0.3 is 0 Å². The third-order valence-electron chi connectivity index (χ3n) is 2.90. The summed E-state index contributed by atoms with van der Waals surface area (Å²) in [6.07, 6.45) is 1.07. The monoisotopic (exact) mass is 310 g/mol. The van der Waals surface area contributed by atoms with Crippen LogP contribution in [0.3, 0.4) is 0 Å². The Morgan fingerprint density at radius 3 is 2.71 bits per heavy atom. The first-order chi connectivity index (χ1) is 7.83. The standard InChI is InChI=1S/C13H14N2S.BrH/c1-9-2-4-10(5-3-9)13-15-11-6-7-14-8-12(11)16-13;/h2-5,14H,6-8H2,1H3;1H. The molecule has 0 aliphatic carbocycles. The van der Waals surface area contributed by atoms with Gasteiger partial charge in [0.2, 0.25) is 0 Å². The average Bonchev–Trinajstić information content (AvgIpc) is 2.73. The number of nitrogens with one attached hydrogen (secondary N) is 1. The fraction of sp³-hybridized carbons (Fsp3) is 0.308. The largest absolute Gasteiger partial charge is 0.311 e. The van der Waals surface area contributed by atoms with Crippen LogP contribution in [-0.4, -0.2) is 11.5 Å². The molecule has 1 aliphatic heterocycles. The van der Waals surface area contributed by atoms with Gasteiger partial charge < -0.3 is 5.32 Å². The average molecular weight is 311 g/mol. The molecule has 0 unspecified atom stereocenters. The van der Waals surface area contributed by atoms with Crippen molar-refractivity contribution in [3.63, 3.8) is 0 Å². The van der Waals surface area contributed by atoms with Gasteiger partial charge in [-0.3, -0.25) is 0 Å². The van der Waals surface area contributed by atoms with Gasteiger partial charge in [0.25, 0.3) is 0 Å². The first-order valence-electron chi connectivity index (χ1n) is 5.59. The molecule has 0 spiro atoms. The van der Waals surface area contributed by atoms with E-state index in [1.54, 1.807) is 0 Å². The molecule has 1 aromatic heterocycles. The van der Waals surface area contributed by atoms with E-state index >= 15 is 0 Å². The van der Waals surface area contributed by atoms with Crippen molar-refractivity contribution >= 4 is 28.3 Å². The van der Waals surface area contributed by atoms with Crippen molar-refractivity contribution in [2.45, 2.75) is 19.9 Å². The van der Waals surface area contributed by atoms with E-state index in [-0.39, 0.29) is 17.0 Å². The van der Waals surface area contributed by atoms with E-state index in [9.17, 15) is 0 Å². The van der Waals surface area contributed by atoms with Crippen LogP contribution in [0.2, 0.25) is 0 Å². The van der Waals surface area contributed by atoms with E-state index in [2.05, 4.69) is 36.5 Å². The van der Waals surface area contributed by atoms with Gasteiger partial charge in [-0.1, -0.05) is 29.8 Å². The molecule has 3 rings (SSSR count). The predicted molar refractivity (Wildman–Crippen MR) is 78.0 cm³/mol. The minimum absolute atomic E-state index is 0. The molecule has 2 aromatic rings. The van der Waals surface area contributed by atoms with E-state index in [4.69, 9.17) is 4.98 Å². The van der Waals surface area contributed by atoms with Gasteiger partial charge in [-0.25, -0.2) is 4.98 Å². The third kappa shape index (κ3) is 2.59. The van der Waals surface area contributed by atoms with Gasteiger partial charge in [0.1, 0.15) is 5.01 Å². The second-order valence-corrected chi connectivity index (χ2v) is 5.27. The number of hydrogen-bond acceptors (Lipinski definition) is 3. The molecule has 0 bridgehead atoms. The number of aromatic nitrogens is 1. The zero-order chi connectivity index (χ0) is 11.0. The lowest BCUT2D eigenvalue weighted by atomic mass is 10.1. The predicted octanol–water partition coefficient (Wildman–Crippen LogP) is 3.34. The van der Waals surface area contributed by atoms with Crippen molar-refractivity contribution in [2.24, 2.45) is 0 Å². The van der Waals surface area contributed by atoms with Crippen molar-refractivity contribution in [3.8, 4) is 10.6 Å². The summed E-state index contributed by atoms with van der Waals surface area (Å²) in [7, 11) is 0. The molecule has 17 heavy (non-hydrogen) atoms. The summed E-state index contributed by atoms with van der Waals surface area (Å²) in [5.74, 6) is 0. The number of nitrogens with zero attached hydrogens (tertiary/aromatic N) is 1. The van der Waals surface area contributed by atoms with Gasteiger partial charge in [0, 0.05) is 30.0 Å². The topological polar surface area (TPSA) is 24.9 Å². The molecule has 1 aromatic carbocycles. The van der Waals surface area contributed by atoms with Crippen molar-refractivity contribution in [2.75, 3.05) is 6.54 Å². The lowest BCUT2D eigenvalue weighted by Crippen LogP contribution is -2.22.